The summed E-state index contributed by atoms with van der Waals surface area (Å²) in [4.78, 5) is 9.15. The maximum absolute atomic E-state index is 6.35. The summed E-state index contributed by atoms with van der Waals surface area (Å²) in [6.45, 7) is 17.7. The topological polar surface area (TPSA) is 38.9 Å². The van der Waals surface area contributed by atoms with Crippen molar-refractivity contribution >= 4 is 35.2 Å². The van der Waals surface area contributed by atoms with Crippen LogP contribution in [-0.4, -0.2) is 18.0 Å². The van der Waals surface area contributed by atoms with Crippen LogP contribution in [-0.2, 0) is 20.1 Å². The van der Waals surface area contributed by atoms with Crippen molar-refractivity contribution in [3.8, 4) is 33.6 Å². The standard InChI is InChI=1S/C26H20NO.C16H20NSi.Ir/c1-16-12-13-27-23(14-16)22-9-5-8-21-20-11-10-19(15-24(20)28-26(21)22)25-17(2)6-4-7-18(25)3;1-12-7-6-8-14(9-12)15-10-13(2)16(11-17-15)18(3,4)5;/h4-8,10-15H,1-3H3;6-7,9-11H,1-5H3;/q2*-1;. The molecule has 3 heterocycles. The number of furan rings is 1. The van der Waals surface area contributed by atoms with E-state index < -0.39 is 8.07 Å². The van der Waals surface area contributed by atoms with Gasteiger partial charge in [-0.05, 0) is 78.7 Å². The van der Waals surface area contributed by atoms with Gasteiger partial charge in [-0.3, -0.25) is 0 Å². The molecule has 0 bridgehead atoms. The zero-order chi connectivity index (χ0) is 32.6. The van der Waals surface area contributed by atoms with Gasteiger partial charge in [-0.1, -0.05) is 91.1 Å². The summed E-state index contributed by atoms with van der Waals surface area (Å²) in [5.74, 6) is 0. The third kappa shape index (κ3) is 7.23. The van der Waals surface area contributed by atoms with Gasteiger partial charge in [-0.25, -0.2) is 0 Å². The van der Waals surface area contributed by atoms with E-state index in [0.717, 1.165) is 44.5 Å². The Morgan fingerprint density at radius 3 is 2.06 bits per heavy atom. The molecule has 4 aromatic carbocycles. The maximum atomic E-state index is 6.35. The Balaban J connectivity index is 0.000000199. The van der Waals surface area contributed by atoms with Gasteiger partial charge in [-0.15, -0.1) is 53.6 Å². The van der Waals surface area contributed by atoms with E-state index in [4.69, 9.17) is 4.42 Å². The quantitative estimate of drug-likeness (QED) is 0.131. The molecule has 0 aliphatic rings. The molecule has 0 aliphatic carbocycles. The van der Waals surface area contributed by atoms with Crippen molar-refractivity contribution in [2.24, 2.45) is 0 Å². The Morgan fingerprint density at radius 1 is 0.660 bits per heavy atom. The van der Waals surface area contributed by atoms with E-state index in [1.807, 2.05) is 24.4 Å². The molecule has 0 aliphatic heterocycles. The van der Waals surface area contributed by atoms with Crippen LogP contribution in [0.25, 0.3) is 55.6 Å². The van der Waals surface area contributed by atoms with Gasteiger partial charge in [0.05, 0.1) is 13.7 Å². The average molecular weight is 809 g/mol. The Labute approximate surface area is 293 Å². The molecule has 0 saturated heterocycles. The van der Waals surface area contributed by atoms with E-state index in [0.29, 0.717) is 0 Å². The molecule has 7 rings (SSSR count). The van der Waals surface area contributed by atoms with E-state index in [2.05, 4.69) is 149 Å². The van der Waals surface area contributed by atoms with E-state index in [-0.39, 0.29) is 20.1 Å². The van der Waals surface area contributed by atoms with Gasteiger partial charge >= 0.3 is 0 Å². The molecule has 0 N–H and O–H groups in total. The third-order valence-corrected chi connectivity index (χ3v) is 10.7. The normalized spacial score (nSPS) is 11.2. The van der Waals surface area contributed by atoms with Crippen LogP contribution >= 0.6 is 0 Å². The van der Waals surface area contributed by atoms with Gasteiger partial charge < -0.3 is 14.4 Å². The predicted octanol–water partition coefficient (Wildman–Crippen LogP) is 10.7. The Hall–Kier alpha value is -4.15. The summed E-state index contributed by atoms with van der Waals surface area (Å²) in [6, 6.07) is 35.9. The van der Waals surface area contributed by atoms with E-state index >= 15 is 0 Å². The van der Waals surface area contributed by atoms with Crippen LogP contribution in [0.15, 0.2) is 102 Å². The Bertz CT molecular complexity index is 2190. The van der Waals surface area contributed by atoms with Crippen LogP contribution in [0.1, 0.15) is 27.8 Å². The first-order valence-electron chi connectivity index (χ1n) is 15.8. The van der Waals surface area contributed by atoms with E-state index in [1.165, 1.54) is 44.1 Å². The van der Waals surface area contributed by atoms with Crippen molar-refractivity contribution in [1.29, 1.82) is 0 Å². The molecule has 47 heavy (non-hydrogen) atoms. The summed E-state index contributed by atoms with van der Waals surface area (Å²) < 4.78 is 6.35. The van der Waals surface area contributed by atoms with Gasteiger partial charge in [0, 0.05) is 37.9 Å². The molecule has 0 fully saturated rings. The first-order chi connectivity index (χ1) is 22.0. The molecule has 0 saturated carbocycles. The average Bonchev–Trinajstić information content (AvgIpc) is 3.39. The molecular weight excluding hydrogens is 769 g/mol. The fraction of sp³-hybridized carbons (Fsp3) is 0.190. The molecule has 5 heteroatoms. The minimum atomic E-state index is -1.29. The minimum Gasteiger partial charge on any atom is -0.501 e. The van der Waals surface area contributed by atoms with Crippen LogP contribution in [0, 0.1) is 46.8 Å². The molecule has 7 aromatic rings. The summed E-state index contributed by atoms with van der Waals surface area (Å²) >= 11 is 0. The number of rotatable bonds is 4. The first-order valence-corrected chi connectivity index (χ1v) is 19.3. The third-order valence-electron chi connectivity index (χ3n) is 8.53. The summed E-state index contributed by atoms with van der Waals surface area (Å²) in [7, 11) is -1.29. The number of aromatic nitrogens is 2. The smallest absolute Gasteiger partial charge is 0.121 e. The second-order valence-electron chi connectivity index (χ2n) is 13.3. The number of aryl methyl sites for hydroxylation is 5. The molecule has 3 nitrogen and oxygen atoms in total. The number of fused-ring (bicyclic) bond motifs is 3. The van der Waals surface area contributed by atoms with Gasteiger partial charge in [0.25, 0.3) is 0 Å². The first kappa shape index (κ1) is 34.2. The second kappa shape index (κ2) is 13.9. The van der Waals surface area contributed by atoms with Crippen LogP contribution in [0.3, 0.4) is 0 Å². The van der Waals surface area contributed by atoms with Crippen LogP contribution in [0.4, 0.5) is 0 Å². The van der Waals surface area contributed by atoms with Crippen LogP contribution in [0.5, 0.6) is 0 Å². The van der Waals surface area contributed by atoms with Crippen LogP contribution in [0.2, 0.25) is 19.6 Å². The SMILES string of the molecule is Cc1cc[c-]c(-c2cc(C)c([Si](C)(C)C)cn2)c1.Cc1ccnc(-c2[c-]ccc3c2oc2cc(-c4c(C)cccc4C)ccc23)c1.[Ir]. The molecule has 239 valence electrons. The van der Waals surface area contributed by atoms with Gasteiger partial charge in [0.2, 0.25) is 0 Å². The molecular formula is C42H40IrN2OSi-2. The second-order valence-corrected chi connectivity index (χ2v) is 18.3. The van der Waals surface area contributed by atoms with Crippen molar-refractivity contribution in [2.75, 3.05) is 0 Å². The van der Waals surface area contributed by atoms with E-state index in [9.17, 15) is 0 Å². The van der Waals surface area contributed by atoms with Crippen molar-refractivity contribution in [2.45, 2.75) is 54.3 Å². The summed E-state index contributed by atoms with van der Waals surface area (Å²) in [6.07, 6.45) is 3.89. The largest absolute Gasteiger partial charge is 0.501 e. The van der Waals surface area contributed by atoms with Crippen molar-refractivity contribution < 1.29 is 24.5 Å². The number of hydrogen-bond donors (Lipinski definition) is 0. The van der Waals surface area contributed by atoms with Gasteiger partial charge in [-0.2, -0.15) is 0 Å². The molecule has 0 atom stereocenters. The van der Waals surface area contributed by atoms with E-state index in [1.54, 1.807) is 0 Å². The molecule has 0 spiro atoms. The molecule has 3 aromatic heterocycles. The Kier molecular flexibility index (Phi) is 10.1. The monoisotopic (exact) mass is 809 g/mol. The van der Waals surface area contributed by atoms with Crippen LogP contribution < -0.4 is 5.19 Å². The fourth-order valence-electron chi connectivity index (χ4n) is 6.25. The maximum Gasteiger partial charge on any atom is 0.121 e. The van der Waals surface area contributed by atoms with Crippen molar-refractivity contribution in [3.05, 3.63) is 137 Å². The number of pyridine rings is 2. The zero-order valence-electron chi connectivity index (χ0n) is 28.4. The minimum absolute atomic E-state index is 0. The zero-order valence-corrected chi connectivity index (χ0v) is 31.8. The summed E-state index contributed by atoms with van der Waals surface area (Å²) in [5, 5.41) is 3.66. The molecule has 0 unspecified atom stereocenters. The number of benzene rings is 4. The van der Waals surface area contributed by atoms with Gasteiger partial charge in [0.1, 0.15) is 5.58 Å². The molecule has 1 radical (unpaired) electrons. The molecule has 0 amide bonds. The Morgan fingerprint density at radius 2 is 1.38 bits per heavy atom. The van der Waals surface area contributed by atoms with Crippen molar-refractivity contribution in [1.82, 2.24) is 9.97 Å². The summed E-state index contributed by atoms with van der Waals surface area (Å²) in [5.41, 5.74) is 14.4. The number of nitrogens with zero attached hydrogens (tertiary/aromatic N) is 2. The predicted molar refractivity (Wildman–Crippen MR) is 196 cm³/mol. The van der Waals surface area contributed by atoms with Gasteiger partial charge in [0.15, 0.2) is 0 Å². The number of hydrogen-bond acceptors (Lipinski definition) is 3. The van der Waals surface area contributed by atoms with Crippen molar-refractivity contribution in [3.63, 3.8) is 0 Å². The fourth-order valence-corrected chi connectivity index (χ4v) is 7.95.